The maximum absolute atomic E-state index is 11.9. The third-order valence-electron chi connectivity index (χ3n) is 3.13. The van der Waals surface area contributed by atoms with Gasteiger partial charge in [0.15, 0.2) is 0 Å². The molecule has 2 N–H and O–H groups in total. The minimum Gasteiger partial charge on any atom is -0.385 e. The second kappa shape index (κ2) is 8.67. The molecule has 4 nitrogen and oxygen atoms in total. The number of amides is 1. The van der Waals surface area contributed by atoms with Gasteiger partial charge >= 0.3 is 0 Å². The predicted octanol–water partition coefficient (Wildman–Crippen LogP) is 1.44. The number of aryl methyl sites for hydroxylation is 1. The topological polar surface area (TPSA) is 55.6 Å². The molecule has 0 aromatic heterocycles. The number of likely N-dealkylation sites (N-methyl/N-ethyl adjacent to an activating group) is 1. The van der Waals surface area contributed by atoms with Gasteiger partial charge in [0.1, 0.15) is 0 Å². The summed E-state index contributed by atoms with van der Waals surface area (Å²) < 4.78 is 4.93. The molecule has 1 aromatic rings. The van der Waals surface area contributed by atoms with Crippen molar-refractivity contribution in [3.8, 4) is 0 Å². The Morgan fingerprint density at radius 2 is 2.05 bits per heavy atom. The van der Waals surface area contributed by atoms with E-state index < -0.39 is 6.04 Å². The Morgan fingerprint density at radius 1 is 1.37 bits per heavy atom. The third kappa shape index (κ3) is 5.85. The van der Waals surface area contributed by atoms with E-state index in [4.69, 9.17) is 10.5 Å². The van der Waals surface area contributed by atoms with Crippen molar-refractivity contribution in [3.63, 3.8) is 0 Å². The van der Waals surface area contributed by atoms with Gasteiger partial charge in [0, 0.05) is 27.3 Å². The van der Waals surface area contributed by atoms with Crippen LogP contribution in [-0.2, 0) is 16.0 Å². The van der Waals surface area contributed by atoms with E-state index in [9.17, 15) is 4.79 Å². The molecule has 0 saturated carbocycles. The number of hydrogen-bond acceptors (Lipinski definition) is 3. The Kier molecular flexibility index (Phi) is 7.15. The van der Waals surface area contributed by atoms with Crippen molar-refractivity contribution in [1.29, 1.82) is 0 Å². The van der Waals surface area contributed by atoms with Crippen LogP contribution in [0.2, 0.25) is 0 Å². The van der Waals surface area contributed by atoms with Gasteiger partial charge in [-0.2, -0.15) is 0 Å². The molecule has 0 radical (unpaired) electrons. The average molecular weight is 264 g/mol. The summed E-state index contributed by atoms with van der Waals surface area (Å²) >= 11 is 0. The van der Waals surface area contributed by atoms with Crippen LogP contribution in [-0.4, -0.2) is 44.2 Å². The van der Waals surface area contributed by atoms with Gasteiger partial charge in [-0.1, -0.05) is 30.3 Å². The number of carbonyl (C=O) groups is 1. The fraction of sp³-hybridized carbons (Fsp3) is 0.533. The average Bonchev–Trinajstić information content (AvgIpc) is 2.44. The Labute approximate surface area is 115 Å². The molecular weight excluding hydrogens is 240 g/mol. The van der Waals surface area contributed by atoms with Crippen LogP contribution in [0, 0.1) is 0 Å². The number of benzene rings is 1. The van der Waals surface area contributed by atoms with E-state index in [-0.39, 0.29) is 5.91 Å². The summed E-state index contributed by atoms with van der Waals surface area (Å²) in [5.41, 5.74) is 7.11. The Morgan fingerprint density at radius 3 is 2.68 bits per heavy atom. The highest BCUT2D eigenvalue weighted by molar-refractivity contribution is 5.81. The third-order valence-corrected chi connectivity index (χ3v) is 3.13. The van der Waals surface area contributed by atoms with E-state index in [1.54, 1.807) is 19.1 Å². The lowest BCUT2D eigenvalue weighted by Gasteiger charge is -2.21. The van der Waals surface area contributed by atoms with E-state index >= 15 is 0 Å². The second-order valence-electron chi connectivity index (χ2n) is 4.74. The fourth-order valence-electron chi connectivity index (χ4n) is 1.93. The largest absolute Gasteiger partial charge is 0.385 e. The van der Waals surface area contributed by atoms with Crippen molar-refractivity contribution in [1.82, 2.24) is 4.90 Å². The van der Waals surface area contributed by atoms with Crippen molar-refractivity contribution in [2.75, 3.05) is 27.3 Å². The van der Waals surface area contributed by atoms with E-state index in [0.717, 1.165) is 19.4 Å². The first-order chi connectivity index (χ1) is 9.15. The van der Waals surface area contributed by atoms with Crippen LogP contribution in [0.15, 0.2) is 30.3 Å². The second-order valence-corrected chi connectivity index (χ2v) is 4.74. The molecule has 106 valence electrons. The van der Waals surface area contributed by atoms with Crippen LogP contribution in [0.25, 0.3) is 0 Å². The molecule has 0 heterocycles. The van der Waals surface area contributed by atoms with Crippen LogP contribution in [0.1, 0.15) is 18.4 Å². The molecule has 1 rings (SSSR count). The van der Waals surface area contributed by atoms with Gasteiger partial charge < -0.3 is 15.4 Å². The van der Waals surface area contributed by atoms with E-state index in [2.05, 4.69) is 12.1 Å². The molecule has 0 aliphatic heterocycles. The number of nitrogens with two attached hydrogens (primary N) is 1. The monoisotopic (exact) mass is 264 g/mol. The van der Waals surface area contributed by atoms with E-state index in [0.29, 0.717) is 13.0 Å². The van der Waals surface area contributed by atoms with Crippen LogP contribution >= 0.6 is 0 Å². The first-order valence-corrected chi connectivity index (χ1v) is 6.68. The smallest absolute Gasteiger partial charge is 0.239 e. The number of ether oxygens (including phenoxy) is 1. The van der Waals surface area contributed by atoms with Crippen molar-refractivity contribution in [2.45, 2.75) is 25.3 Å². The minimum atomic E-state index is -0.457. The summed E-state index contributed by atoms with van der Waals surface area (Å²) in [7, 11) is 3.42. The molecule has 4 heteroatoms. The first kappa shape index (κ1) is 15.7. The zero-order valence-electron chi connectivity index (χ0n) is 11.8. The number of nitrogens with zero attached hydrogens (tertiary/aromatic N) is 1. The molecule has 19 heavy (non-hydrogen) atoms. The highest BCUT2D eigenvalue weighted by atomic mass is 16.5. The van der Waals surface area contributed by atoms with Crippen molar-refractivity contribution >= 4 is 5.91 Å². The van der Waals surface area contributed by atoms with Crippen LogP contribution < -0.4 is 5.73 Å². The van der Waals surface area contributed by atoms with Crippen molar-refractivity contribution in [2.24, 2.45) is 5.73 Å². The summed E-state index contributed by atoms with van der Waals surface area (Å²) in [4.78, 5) is 13.6. The highest BCUT2D eigenvalue weighted by Gasteiger charge is 2.17. The van der Waals surface area contributed by atoms with Gasteiger partial charge in [-0.05, 0) is 24.8 Å². The molecule has 0 spiro atoms. The van der Waals surface area contributed by atoms with E-state index in [1.807, 2.05) is 18.2 Å². The molecule has 1 amide bonds. The van der Waals surface area contributed by atoms with Gasteiger partial charge in [-0.15, -0.1) is 0 Å². The normalized spacial score (nSPS) is 12.2. The molecular formula is C15H24N2O2. The summed E-state index contributed by atoms with van der Waals surface area (Å²) in [5, 5.41) is 0. The summed E-state index contributed by atoms with van der Waals surface area (Å²) in [5.74, 6) is -0.00916. The maximum atomic E-state index is 11.9. The molecule has 1 aromatic carbocycles. The molecule has 0 aliphatic rings. The predicted molar refractivity (Wildman–Crippen MR) is 76.9 cm³/mol. The quantitative estimate of drug-likeness (QED) is 0.773. The first-order valence-electron chi connectivity index (χ1n) is 6.68. The van der Waals surface area contributed by atoms with Crippen LogP contribution in [0.4, 0.5) is 0 Å². The molecule has 0 fully saturated rings. The van der Waals surface area contributed by atoms with Crippen LogP contribution in [0.5, 0.6) is 0 Å². The van der Waals surface area contributed by atoms with Gasteiger partial charge in [-0.3, -0.25) is 4.79 Å². The lowest BCUT2D eigenvalue weighted by Crippen LogP contribution is -2.42. The SMILES string of the molecule is COCCC(N)C(=O)N(C)CCCc1ccccc1. The number of rotatable bonds is 8. The number of hydrogen-bond donors (Lipinski definition) is 1. The highest BCUT2D eigenvalue weighted by Crippen LogP contribution is 2.04. The fourth-order valence-corrected chi connectivity index (χ4v) is 1.93. The lowest BCUT2D eigenvalue weighted by molar-refractivity contribution is -0.131. The van der Waals surface area contributed by atoms with Gasteiger partial charge in [0.25, 0.3) is 0 Å². The van der Waals surface area contributed by atoms with Crippen molar-refractivity contribution in [3.05, 3.63) is 35.9 Å². The van der Waals surface area contributed by atoms with Gasteiger partial charge in [0.2, 0.25) is 5.91 Å². The molecule has 0 bridgehead atoms. The molecule has 0 aliphatic carbocycles. The summed E-state index contributed by atoms with van der Waals surface area (Å²) in [6, 6.07) is 9.82. The zero-order valence-corrected chi connectivity index (χ0v) is 11.8. The van der Waals surface area contributed by atoms with Gasteiger partial charge in [-0.25, -0.2) is 0 Å². The molecule has 1 atom stereocenters. The Hall–Kier alpha value is -1.39. The number of methoxy groups -OCH3 is 1. The van der Waals surface area contributed by atoms with E-state index in [1.165, 1.54) is 5.56 Å². The van der Waals surface area contributed by atoms with Gasteiger partial charge in [0.05, 0.1) is 6.04 Å². The summed E-state index contributed by atoms with van der Waals surface area (Å²) in [6.45, 7) is 1.25. The molecule has 1 unspecified atom stereocenters. The minimum absolute atomic E-state index is 0.00916. The van der Waals surface area contributed by atoms with Crippen LogP contribution in [0.3, 0.4) is 0 Å². The Balaban J connectivity index is 2.26. The maximum Gasteiger partial charge on any atom is 0.239 e. The Bertz CT molecular complexity index is 368. The number of carbonyl (C=O) groups excluding carboxylic acids is 1. The zero-order chi connectivity index (χ0) is 14.1. The summed E-state index contributed by atoms with van der Waals surface area (Å²) in [6.07, 6.45) is 2.49. The standard InChI is InChI=1S/C15H24N2O2/c1-17(15(18)14(16)10-12-19-2)11-6-9-13-7-4-3-5-8-13/h3-5,7-8,14H,6,9-12,16H2,1-2H3. The lowest BCUT2D eigenvalue weighted by atomic mass is 10.1. The van der Waals surface area contributed by atoms with Crippen molar-refractivity contribution < 1.29 is 9.53 Å². The molecule has 0 saturated heterocycles.